The van der Waals surface area contributed by atoms with E-state index in [2.05, 4.69) is 15.1 Å². The van der Waals surface area contributed by atoms with Gasteiger partial charge >= 0.3 is 5.97 Å². The number of aromatic nitrogens is 3. The van der Waals surface area contributed by atoms with Crippen LogP contribution in [0.15, 0.2) is 53.3 Å². The van der Waals surface area contributed by atoms with Crippen molar-refractivity contribution in [1.29, 1.82) is 0 Å². The van der Waals surface area contributed by atoms with Gasteiger partial charge in [-0.2, -0.15) is 4.98 Å². The first-order valence-corrected chi connectivity index (χ1v) is 10.3. The Balaban J connectivity index is 1.54. The highest BCUT2D eigenvalue weighted by Crippen LogP contribution is 2.29. The van der Waals surface area contributed by atoms with Gasteiger partial charge < -0.3 is 9.26 Å². The summed E-state index contributed by atoms with van der Waals surface area (Å²) in [6.07, 6.45) is 2.61. The molecule has 9 nitrogen and oxygen atoms in total. The molecular weight excluding hydrogens is 412 g/mol. The van der Waals surface area contributed by atoms with Crippen molar-refractivity contribution in [2.75, 3.05) is 0 Å². The lowest BCUT2D eigenvalue weighted by molar-refractivity contribution is -0.155. The minimum Gasteiger partial charge on any atom is -0.451 e. The van der Waals surface area contributed by atoms with Crippen LogP contribution in [0.1, 0.15) is 59.9 Å². The van der Waals surface area contributed by atoms with Crippen LogP contribution < -0.4 is 0 Å². The molecule has 2 atom stereocenters. The molecule has 4 rings (SSSR count). The van der Waals surface area contributed by atoms with Crippen LogP contribution in [0.5, 0.6) is 0 Å². The Morgan fingerprint density at radius 2 is 1.75 bits per heavy atom. The maximum absolute atomic E-state index is 13.1. The van der Waals surface area contributed by atoms with Crippen LogP contribution in [0.3, 0.4) is 0 Å². The first-order chi connectivity index (χ1) is 15.4. The maximum atomic E-state index is 13.1. The van der Waals surface area contributed by atoms with Crippen molar-refractivity contribution in [1.82, 2.24) is 20.0 Å². The summed E-state index contributed by atoms with van der Waals surface area (Å²) >= 11 is 0. The first kappa shape index (κ1) is 21.4. The molecule has 0 radical (unpaired) electrons. The third kappa shape index (κ3) is 4.01. The lowest BCUT2D eigenvalue weighted by Gasteiger charge is -2.26. The van der Waals surface area contributed by atoms with E-state index in [1.165, 1.54) is 0 Å². The minimum atomic E-state index is -1.06. The number of ether oxygens (including phenoxy) is 1. The van der Waals surface area contributed by atoms with E-state index in [0.717, 1.165) is 4.90 Å². The monoisotopic (exact) mass is 434 g/mol. The van der Waals surface area contributed by atoms with E-state index in [9.17, 15) is 14.4 Å². The molecule has 0 unspecified atom stereocenters. The third-order valence-electron chi connectivity index (χ3n) is 5.11. The van der Waals surface area contributed by atoms with Gasteiger partial charge in [-0.1, -0.05) is 31.1 Å². The number of pyridine rings is 1. The fourth-order valence-electron chi connectivity index (χ4n) is 3.56. The van der Waals surface area contributed by atoms with E-state index in [4.69, 9.17) is 9.26 Å². The molecule has 0 saturated heterocycles. The van der Waals surface area contributed by atoms with E-state index in [1.54, 1.807) is 55.7 Å². The fourth-order valence-corrected chi connectivity index (χ4v) is 3.56. The van der Waals surface area contributed by atoms with Crippen molar-refractivity contribution in [2.45, 2.75) is 39.3 Å². The molecule has 0 fully saturated rings. The highest BCUT2D eigenvalue weighted by molar-refractivity contribution is 6.22. The number of fused-ring (bicyclic) bond motifs is 1. The fraction of sp³-hybridized carbons (Fsp3) is 0.304. The third-order valence-corrected chi connectivity index (χ3v) is 5.11. The normalized spacial score (nSPS) is 15.1. The number of amides is 2. The maximum Gasteiger partial charge on any atom is 0.330 e. The van der Waals surface area contributed by atoms with Crippen LogP contribution in [0.4, 0.5) is 0 Å². The topological polar surface area (TPSA) is 115 Å². The number of nitrogens with zero attached hydrogens (tertiary/aromatic N) is 4. The molecule has 3 aromatic rings. The summed E-state index contributed by atoms with van der Waals surface area (Å²) in [4.78, 5) is 48.2. The highest BCUT2D eigenvalue weighted by atomic mass is 16.6. The summed E-state index contributed by atoms with van der Waals surface area (Å²) in [5.74, 6) is -1.26. The van der Waals surface area contributed by atoms with Gasteiger partial charge in [0.25, 0.3) is 17.7 Å². The summed E-state index contributed by atoms with van der Waals surface area (Å²) in [5.41, 5.74) is 1.22. The van der Waals surface area contributed by atoms with Gasteiger partial charge in [-0.3, -0.25) is 19.5 Å². The molecule has 0 N–H and O–H groups in total. The Morgan fingerprint density at radius 3 is 2.34 bits per heavy atom. The van der Waals surface area contributed by atoms with Crippen molar-refractivity contribution >= 4 is 17.8 Å². The summed E-state index contributed by atoms with van der Waals surface area (Å²) < 4.78 is 10.8. The van der Waals surface area contributed by atoms with Crippen molar-refractivity contribution in [3.8, 4) is 11.4 Å². The summed E-state index contributed by atoms with van der Waals surface area (Å²) in [6, 6.07) is 8.97. The van der Waals surface area contributed by atoms with Crippen molar-refractivity contribution in [3.05, 3.63) is 65.8 Å². The van der Waals surface area contributed by atoms with Gasteiger partial charge in [0.2, 0.25) is 5.82 Å². The van der Waals surface area contributed by atoms with Crippen molar-refractivity contribution < 1.29 is 23.6 Å². The number of hydrogen-bond acceptors (Lipinski definition) is 8. The Labute approximate surface area is 184 Å². The second-order valence-electron chi connectivity index (χ2n) is 7.95. The molecule has 0 spiro atoms. The van der Waals surface area contributed by atoms with E-state index in [1.807, 2.05) is 13.8 Å². The minimum absolute atomic E-state index is 0.0350. The molecule has 3 heterocycles. The lowest BCUT2D eigenvalue weighted by atomic mass is 10.0. The molecule has 1 aliphatic heterocycles. The number of benzene rings is 1. The molecule has 1 aliphatic rings. The first-order valence-electron chi connectivity index (χ1n) is 10.3. The van der Waals surface area contributed by atoms with E-state index in [-0.39, 0.29) is 29.4 Å². The zero-order valence-corrected chi connectivity index (χ0v) is 17.9. The second-order valence-corrected chi connectivity index (χ2v) is 7.95. The zero-order valence-electron chi connectivity index (χ0n) is 17.9. The van der Waals surface area contributed by atoms with Crippen LogP contribution in [0.25, 0.3) is 11.4 Å². The average molecular weight is 434 g/mol. The van der Waals surface area contributed by atoms with Gasteiger partial charge in [-0.05, 0) is 43.5 Å². The smallest absolute Gasteiger partial charge is 0.330 e. The van der Waals surface area contributed by atoms with E-state index in [0.29, 0.717) is 11.4 Å². The van der Waals surface area contributed by atoms with Gasteiger partial charge in [-0.25, -0.2) is 4.79 Å². The molecule has 0 saturated carbocycles. The van der Waals surface area contributed by atoms with Crippen LogP contribution in [-0.2, 0) is 9.53 Å². The van der Waals surface area contributed by atoms with Gasteiger partial charge in [0.1, 0.15) is 6.04 Å². The Hall–Kier alpha value is -3.88. The SMILES string of the molecule is CC(C)C[C@H](C(=O)O[C@H](C)c1nc(-c2cccnc2)no1)N1C(=O)c2ccccc2C1=O. The molecule has 2 aromatic heterocycles. The average Bonchev–Trinajstić information content (AvgIpc) is 3.37. The van der Waals surface area contributed by atoms with E-state index < -0.39 is 29.9 Å². The zero-order chi connectivity index (χ0) is 22.8. The largest absolute Gasteiger partial charge is 0.451 e. The standard InChI is InChI=1S/C23H22N4O5/c1-13(2)11-18(27-21(28)16-8-4-5-9-17(16)22(27)29)23(30)31-14(3)20-25-19(26-32-20)15-7-6-10-24-12-15/h4-10,12-14,18H,11H2,1-3H3/t14-,18-/m1/s1. The molecule has 0 aliphatic carbocycles. The summed E-state index contributed by atoms with van der Waals surface area (Å²) in [6.45, 7) is 5.40. The number of hydrogen-bond donors (Lipinski definition) is 0. The molecule has 164 valence electrons. The number of esters is 1. The highest BCUT2D eigenvalue weighted by Gasteiger charge is 2.44. The Kier molecular flexibility index (Phi) is 5.81. The van der Waals surface area contributed by atoms with Gasteiger partial charge in [0, 0.05) is 18.0 Å². The number of carbonyl (C=O) groups is 3. The molecule has 9 heteroatoms. The molecule has 2 amide bonds. The number of rotatable bonds is 7. The van der Waals surface area contributed by atoms with Crippen LogP contribution in [0.2, 0.25) is 0 Å². The van der Waals surface area contributed by atoms with Gasteiger partial charge in [-0.15, -0.1) is 0 Å². The van der Waals surface area contributed by atoms with E-state index >= 15 is 0 Å². The molecule has 32 heavy (non-hydrogen) atoms. The molecule has 0 bridgehead atoms. The number of carbonyl (C=O) groups excluding carboxylic acids is 3. The predicted octanol–water partition coefficient (Wildman–Crippen LogP) is 3.45. The summed E-state index contributed by atoms with van der Waals surface area (Å²) in [5, 5.41) is 3.90. The predicted molar refractivity (Wildman–Crippen MR) is 112 cm³/mol. The van der Waals surface area contributed by atoms with Gasteiger partial charge in [0.05, 0.1) is 11.1 Å². The molecule has 1 aromatic carbocycles. The van der Waals surface area contributed by atoms with Crippen LogP contribution in [0, 0.1) is 5.92 Å². The van der Waals surface area contributed by atoms with Crippen LogP contribution in [-0.4, -0.2) is 43.9 Å². The summed E-state index contributed by atoms with van der Waals surface area (Å²) in [7, 11) is 0. The van der Waals surface area contributed by atoms with Gasteiger partial charge in [0.15, 0.2) is 6.10 Å². The second kappa shape index (κ2) is 8.70. The van der Waals surface area contributed by atoms with Crippen molar-refractivity contribution in [3.63, 3.8) is 0 Å². The number of imide groups is 1. The molecular formula is C23H22N4O5. The Bertz CT molecular complexity index is 1120. The quantitative estimate of drug-likeness (QED) is 0.410. The lowest BCUT2D eigenvalue weighted by Crippen LogP contribution is -2.46. The van der Waals surface area contributed by atoms with Crippen LogP contribution >= 0.6 is 0 Å². The van der Waals surface area contributed by atoms with Crippen molar-refractivity contribution in [2.24, 2.45) is 5.92 Å². The Morgan fingerprint density at radius 1 is 1.06 bits per heavy atom.